The van der Waals surface area contributed by atoms with Crippen molar-refractivity contribution in [1.82, 2.24) is 9.88 Å². The van der Waals surface area contributed by atoms with Crippen molar-refractivity contribution in [2.45, 2.75) is 13.0 Å². The molecule has 25 heavy (non-hydrogen) atoms. The normalized spacial score (nSPS) is 13.0. The molecule has 0 saturated carbocycles. The largest absolute Gasteiger partial charge is 0.351 e. The highest BCUT2D eigenvalue weighted by Crippen LogP contribution is 2.26. The molecule has 1 aliphatic heterocycles. The van der Waals surface area contributed by atoms with Gasteiger partial charge in [-0.05, 0) is 29.7 Å². The van der Waals surface area contributed by atoms with E-state index >= 15 is 0 Å². The predicted molar refractivity (Wildman–Crippen MR) is 102 cm³/mol. The van der Waals surface area contributed by atoms with Crippen molar-refractivity contribution in [3.05, 3.63) is 84.6 Å². The second kappa shape index (κ2) is 7.79. The Balaban J connectivity index is 1.90. The van der Waals surface area contributed by atoms with Gasteiger partial charge in [-0.15, -0.1) is 13.2 Å². The molecule has 0 atom stereocenters. The van der Waals surface area contributed by atoms with Gasteiger partial charge in [-0.3, -0.25) is 4.79 Å². The number of hydrogen-bond donors (Lipinski definition) is 0. The average Bonchev–Trinajstić information content (AvgIpc) is 2.67. The number of carbonyl (C=O) groups is 1. The van der Waals surface area contributed by atoms with Gasteiger partial charge in [-0.1, -0.05) is 36.4 Å². The van der Waals surface area contributed by atoms with E-state index in [2.05, 4.69) is 47.3 Å². The monoisotopic (exact) mass is 333 g/mol. The molecule has 0 unspecified atom stereocenters. The SMILES string of the molecule is C=CCN(CC=C)C(=O)c1cccnc1N1CCc2ccccc2C1. The van der Waals surface area contributed by atoms with Crippen molar-refractivity contribution in [2.75, 3.05) is 24.5 Å². The lowest BCUT2D eigenvalue weighted by atomic mass is 9.99. The first-order valence-electron chi connectivity index (χ1n) is 8.52. The Bertz CT molecular complexity index is 774. The maximum atomic E-state index is 13.0. The highest BCUT2D eigenvalue weighted by Gasteiger charge is 2.24. The van der Waals surface area contributed by atoms with Crippen LogP contribution in [0.1, 0.15) is 21.5 Å². The van der Waals surface area contributed by atoms with Crippen LogP contribution in [0.5, 0.6) is 0 Å². The number of anilines is 1. The van der Waals surface area contributed by atoms with Gasteiger partial charge >= 0.3 is 0 Å². The van der Waals surface area contributed by atoms with E-state index in [0.717, 1.165) is 25.3 Å². The number of pyridine rings is 1. The zero-order chi connectivity index (χ0) is 17.6. The average molecular weight is 333 g/mol. The van der Waals surface area contributed by atoms with E-state index in [4.69, 9.17) is 0 Å². The Labute approximate surface area is 149 Å². The second-order valence-corrected chi connectivity index (χ2v) is 6.10. The second-order valence-electron chi connectivity index (χ2n) is 6.10. The maximum Gasteiger partial charge on any atom is 0.258 e. The van der Waals surface area contributed by atoms with Gasteiger partial charge in [0.15, 0.2) is 0 Å². The fourth-order valence-electron chi connectivity index (χ4n) is 3.21. The molecule has 0 fully saturated rings. The van der Waals surface area contributed by atoms with Gasteiger partial charge in [0, 0.05) is 32.4 Å². The van der Waals surface area contributed by atoms with Crippen molar-refractivity contribution >= 4 is 11.7 Å². The fourth-order valence-corrected chi connectivity index (χ4v) is 3.21. The molecule has 4 heteroatoms. The molecule has 0 radical (unpaired) electrons. The molecule has 1 aromatic heterocycles. The van der Waals surface area contributed by atoms with Crippen LogP contribution in [0.2, 0.25) is 0 Å². The molecule has 3 rings (SSSR count). The summed E-state index contributed by atoms with van der Waals surface area (Å²) in [6.07, 6.45) is 6.17. The first-order chi connectivity index (χ1) is 12.2. The Morgan fingerprint density at radius 3 is 2.56 bits per heavy atom. The van der Waals surface area contributed by atoms with E-state index in [-0.39, 0.29) is 5.91 Å². The van der Waals surface area contributed by atoms with Gasteiger partial charge < -0.3 is 9.80 Å². The molecule has 1 aromatic carbocycles. The van der Waals surface area contributed by atoms with Gasteiger partial charge in [0.05, 0.1) is 5.56 Å². The number of benzene rings is 1. The van der Waals surface area contributed by atoms with E-state index in [1.54, 1.807) is 23.2 Å². The van der Waals surface area contributed by atoms with Crippen LogP contribution in [-0.4, -0.2) is 35.4 Å². The third-order valence-corrected chi connectivity index (χ3v) is 4.43. The molecule has 2 aromatic rings. The summed E-state index contributed by atoms with van der Waals surface area (Å²) < 4.78 is 0. The zero-order valence-corrected chi connectivity index (χ0v) is 14.4. The fraction of sp³-hybridized carbons (Fsp3) is 0.238. The molecule has 0 aliphatic carbocycles. The molecular formula is C21H23N3O. The summed E-state index contributed by atoms with van der Waals surface area (Å²) in [4.78, 5) is 21.4. The molecule has 128 valence electrons. The third kappa shape index (κ3) is 3.63. The van der Waals surface area contributed by atoms with E-state index in [1.165, 1.54) is 11.1 Å². The van der Waals surface area contributed by atoms with Gasteiger partial charge in [-0.2, -0.15) is 0 Å². The molecule has 2 heterocycles. The maximum absolute atomic E-state index is 13.0. The number of fused-ring (bicyclic) bond motifs is 1. The first-order valence-corrected chi connectivity index (χ1v) is 8.52. The molecule has 4 nitrogen and oxygen atoms in total. The molecule has 0 saturated heterocycles. The van der Waals surface area contributed by atoms with Crippen molar-refractivity contribution < 1.29 is 4.79 Å². The Morgan fingerprint density at radius 1 is 1.12 bits per heavy atom. The molecule has 0 spiro atoms. The quantitative estimate of drug-likeness (QED) is 0.760. The number of amides is 1. The van der Waals surface area contributed by atoms with E-state index < -0.39 is 0 Å². The van der Waals surface area contributed by atoms with Gasteiger partial charge in [0.2, 0.25) is 0 Å². The van der Waals surface area contributed by atoms with Gasteiger partial charge in [-0.25, -0.2) is 4.98 Å². The Kier molecular flexibility index (Phi) is 5.29. The van der Waals surface area contributed by atoms with Gasteiger partial charge in [0.25, 0.3) is 5.91 Å². The minimum Gasteiger partial charge on any atom is -0.351 e. The number of rotatable bonds is 6. The van der Waals surface area contributed by atoms with Crippen LogP contribution >= 0.6 is 0 Å². The lowest BCUT2D eigenvalue weighted by molar-refractivity contribution is 0.0791. The van der Waals surface area contributed by atoms with E-state index in [1.807, 2.05) is 12.1 Å². The molecule has 1 amide bonds. The standard InChI is InChI=1S/C21H23N3O/c1-3-13-23(14-4-2)21(25)19-10-7-12-22-20(19)24-15-11-17-8-5-6-9-18(17)16-24/h3-10,12H,1-2,11,13-16H2. The van der Waals surface area contributed by atoms with Crippen LogP contribution < -0.4 is 4.90 Å². The summed E-state index contributed by atoms with van der Waals surface area (Å²) in [6.45, 7) is 10.1. The summed E-state index contributed by atoms with van der Waals surface area (Å²) in [6, 6.07) is 12.1. The van der Waals surface area contributed by atoms with Crippen molar-refractivity contribution in [3.63, 3.8) is 0 Å². The number of hydrogen-bond acceptors (Lipinski definition) is 3. The number of aromatic nitrogens is 1. The molecule has 0 bridgehead atoms. The van der Waals surface area contributed by atoms with Crippen molar-refractivity contribution in [1.29, 1.82) is 0 Å². The van der Waals surface area contributed by atoms with Crippen LogP contribution in [0, 0.1) is 0 Å². The van der Waals surface area contributed by atoms with Crippen LogP contribution in [0.4, 0.5) is 5.82 Å². The first kappa shape index (κ1) is 17.0. The van der Waals surface area contributed by atoms with Crippen LogP contribution in [0.25, 0.3) is 0 Å². The van der Waals surface area contributed by atoms with E-state index in [9.17, 15) is 4.79 Å². The summed E-state index contributed by atoms with van der Waals surface area (Å²) >= 11 is 0. The topological polar surface area (TPSA) is 36.4 Å². The molecule has 1 aliphatic rings. The van der Waals surface area contributed by atoms with E-state index in [0.29, 0.717) is 18.7 Å². The molecule has 0 N–H and O–H groups in total. The number of nitrogens with zero attached hydrogens (tertiary/aromatic N) is 3. The van der Waals surface area contributed by atoms with Crippen molar-refractivity contribution in [2.24, 2.45) is 0 Å². The highest BCUT2D eigenvalue weighted by atomic mass is 16.2. The van der Waals surface area contributed by atoms with Gasteiger partial charge in [0.1, 0.15) is 5.82 Å². The molecular weight excluding hydrogens is 310 g/mol. The van der Waals surface area contributed by atoms with Crippen LogP contribution in [0.3, 0.4) is 0 Å². The van der Waals surface area contributed by atoms with Crippen LogP contribution in [0.15, 0.2) is 67.9 Å². The Hall–Kier alpha value is -2.88. The number of carbonyl (C=O) groups excluding carboxylic acids is 1. The minimum absolute atomic E-state index is 0.0400. The minimum atomic E-state index is -0.0400. The lowest BCUT2D eigenvalue weighted by Crippen LogP contribution is -2.36. The Morgan fingerprint density at radius 2 is 1.84 bits per heavy atom. The zero-order valence-electron chi connectivity index (χ0n) is 14.4. The summed E-state index contributed by atoms with van der Waals surface area (Å²) in [5, 5.41) is 0. The van der Waals surface area contributed by atoms with Crippen LogP contribution in [-0.2, 0) is 13.0 Å². The summed E-state index contributed by atoms with van der Waals surface area (Å²) in [7, 11) is 0. The third-order valence-electron chi connectivity index (χ3n) is 4.43. The van der Waals surface area contributed by atoms with Crippen molar-refractivity contribution in [3.8, 4) is 0 Å². The highest BCUT2D eigenvalue weighted by molar-refractivity contribution is 5.99. The summed E-state index contributed by atoms with van der Waals surface area (Å²) in [5.74, 6) is 0.710. The predicted octanol–water partition coefficient (Wildman–Crippen LogP) is 3.46. The summed E-state index contributed by atoms with van der Waals surface area (Å²) in [5.41, 5.74) is 3.31. The lowest BCUT2D eigenvalue weighted by Gasteiger charge is -2.31. The smallest absolute Gasteiger partial charge is 0.258 e.